The third-order valence-electron chi connectivity index (χ3n) is 4.14. The van der Waals surface area contributed by atoms with Gasteiger partial charge in [-0.15, -0.1) is 0 Å². The number of hydrogen-bond donors (Lipinski definition) is 1. The fourth-order valence-electron chi connectivity index (χ4n) is 2.79. The molecular weight excluding hydrogens is 325 g/mol. The van der Waals surface area contributed by atoms with Gasteiger partial charge in [0.2, 0.25) is 0 Å². The second-order valence-electron chi connectivity index (χ2n) is 5.76. The van der Waals surface area contributed by atoms with Crippen LogP contribution in [-0.4, -0.2) is 54.5 Å². The van der Waals surface area contributed by atoms with E-state index in [1.807, 2.05) is 6.92 Å². The summed E-state index contributed by atoms with van der Waals surface area (Å²) in [7, 11) is 0. The molecule has 0 aliphatic carbocycles. The minimum absolute atomic E-state index is 0.116. The zero-order chi connectivity index (χ0) is 17.8. The van der Waals surface area contributed by atoms with Gasteiger partial charge in [0.05, 0.1) is 5.56 Å². The number of hydrogen-bond acceptors (Lipinski definition) is 3. The van der Waals surface area contributed by atoms with Gasteiger partial charge in [-0.1, -0.05) is 12.1 Å². The molecule has 6 nitrogen and oxygen atoms in total. The van der Waals surface area contributed by atoms with Gasteiger partial charge in [0.1, 0.15) is 11.6 Å². The Morgan fingerprint density at radius 3 is 2.44 bits per heavy atom. The van der Waals surface area contributed by atoms with Crippen LogP contribution in [0.4, 0.5) is 9.18 Å². The molecule has 3 rings (SSSR count). The molecule has 1 aromatic heterocycles. The molecule has 3 amide bonds. The van der Waals surface area contributed by atoms with Crippen LogP contribution >= 0.6 is 0 Å². The van der Waals surface area contributed by atoms with Gasteiger partial charge in [-0.25, -0.2) is 9.18 Å². The SMILES string of the molecule is CCNC(=O)N1CCN(C(=O)c2ccc(-c3ccccc3F)o2)CC1. The first-order valence-corrected chi connectivity index (χ1v) is 8.27. The third kappa shape index (κ3) is 3.65. The van der Waals surface area contributed by atoms with Gasteiger partial charge in [0.25, 0.3) is 5.91 Å². The van der Waals surface area contributed by atoms with Gasteiger partial charge in [0.15, 0.2) is 5.76 Å². The molecule has 0 atom stereocenters. The lowest BCUT2D eigenvalue weighted by atomic mass is 10.1. The molecule has 25 heavy (non-hydrogen) atoms. The van der Waals surface area contributed by atoms with Crippen molar-refractivity contribution in [3.05, 3.63) is 48.0 Å². The average Bonchev–Trinajstić information content (AvgIpc) is 3.11. The van der Waals surface area contributed by atoms with Crippen LogP contribution in [-0.2, 0) is 0 Å². The maximum Gasteiger partial charge on any atom is 0.317 e. The highest BCUT2D eigenvalue weighted by atomic mass is 19.1. The van der Waals surface area contributed by atoms with E-state index in [1.165, 1.54) is 6.07 Å². The van der Waals surface area contributed by atoms with Crippen molar-refractivity contribution in [1.82, 2.24) is 15.1 Å². The van der Waals surface area contributed by atoms with Crippen LogP contribution < -0.4 is 5.32 Å². The standard InChI is InChI=1S/C18H20FN3O3/c1-2-20-18(24)22-11-9-21(10-12-22)17(23)16-8-7-15(25-16)13-5-3-4-6-14(13)19/h3-8H,2,9-12H2,1H3,(H,20,24). The van der Waals surface area contributed by atoms with Crippen molar-refractivity contribution in [1.29, 1.82) is 0 Å². The van der Waals surface area contributed by atoms with E-state index in [2.05, 4.69) is 5.32 Å². The predicted octanol–water partition coefficient (Wildman–Crippen LogP) is 2.57. The summed E-state index contributed by atoms with van der Waals surface area (Å²) in [5.41, 5.74) is 0.322. The minimum atomic E-state index is -0.397. The Kier molecular flexibility index (Phi) is 5.02. The highest BCUT2D eigenvalue weighted by Gasteiger charge is 2.26. The van der Waals surface area contributed by atoms with Crippen molar-refractivity contribution in [2.75, 3.05) is 32.7 Å². The Morgan fingerprint density at radius 2 is 1.76 bits per heavy atom. The monoisotopic (exact) mass is 345 g/mol. The number of urea groups is 1. The van der Waals surface area contributed by atoms with Gasteiger partial charge >= 0.3 is 6.03 Å². The van der Waals surface area contributed by atoms with E-state index in [1.54, 1.807) is 40.1 Å². The van der Waals surface area contributed by atoms with E-state index < -0.39 is 5.82 Å². The lowest BCUT2D eigenvalue weighted by molar-refractivity contribution is 0.0635. The molecule has 0 unspecified atom stereocenters. The van der Waals surface area contributed by atoms with Crippen LogP contribution in [0.3, 0.4) is 0 Å². The largest absolute Gasteiger partial charge is 0.451 e. The number of piperazine rings is 1. The lowest BCUT2D eigenvalue weighted by Gasteiger charge is -2.34. The molecule has 0 saturated carbocycles. The summed E-state index contributed by atoms with van der Waals surface area (Å²) >= 11 is 0. The molecular formula is C18H20FN3O3. The third-order valence-corrected chi connectivity index (χ3v) is 4.14. The van der Waals surface area contributed by atoms with E-state index in [9.17, 15) is 14.0 Å². The van der Waals surface area contributed by atoms with Gasteiger partial charge in [0, 0.05) is 32.7 Å². The van der Waals surface area contributed by atoms with Gasteiger partial charge in [-0.3, -0.25) is 4.79 Å². The Bertz CT molecular complexity index is 766. The molecule has 0 bridgehead atoms. The van der Waals surface area contributed by atoms with Crippen LogP contribution in [0.25, 0.3) is 11.3 Å². The number of benzene rings is 1. The molecule has 1 aliphatic heterocycles. The highest BCUT2D eigenvalue weighted by molar-refractivity contribution is 5.92. The summed E-state index contributed by atoms with van der Waals surface area (Å²) in [6.07, 6.45) is 0. The van der Waals surface area contributed by atoms with Crippen molar-refractivity contribution in [3.63, 3.8) is 0 Å². The number of amides is 3. The molecule has 2 aromatic rings. The number of rotatable bonds is 3. The Labute approximate surface area is 145 Å². The summed E-state index contributed by atoms with van der Waals surface area (Å²) < 4.78 is 19.4. The highest BCUT2D eigenvalue weighted by Crippen LogP contribution is 2.25. The van der Waals surface area contributed by atoms with Gasteiger partial charge in [-0.2, -0.15) is 0 Å². The summed E-state index contributed by atoms with van der Waals surface area (Å²) in [5.74, 6) is -0.156. The van der Waals surface area contributed by atoms with Gasteiger partial charge in [-0.05, 0) is 31.2 Å². The van der Waals surface area contributed by atoms with Crippen molar-refractivity contribution >= 4 is 11.9 Å². The van der Waals surface area contributed by atoms with E-state index in [0.717, 1.165) is 0 Å². The van der Waals surface area contributed by atoms with E-state index in [0.29, 0.717) is 44.0 Å². The first kappa shape index (κ1) is 17.0. The molecule has 1 aliphatic rings. The lowest BCUT2D eigenvalue weighted by Crippen LogP contribution is -2.53. The number of furan rings is 1. The maximum atomic E-state index is 13.8. The van der Waals surface area contributed by atoms with E-state index in [4.69, 9.17) is 4.42 Å². The molecule has 2 heterocycles. The molecule has 1 N–H and O–H groups in total. The fraction of sp³-hybridized carbons (Fsp3) is 0.333. The normalized spacial score (nSPS) is 14.5. The molecule has 0 radical (unpaired) electrons. The number of carbonyl (C=O) groups is 2. The second-order valence-corrected chi connectivity index (χ2v) is 5.76. The topological polar surface area (TPSA) is 65.8 Å². The molecule has 1 saturated heterocycles. The van der Waals surface area contributed by atoms with Crippen LogP contribution in [0.2, 0.25) is 0 Å². The first-order valence-electron chi connectivity index (χ1n) is 8.27. The second kappa shape index (κ2) is 7.38. The van der Waals surface area contributed by atoms with Crippen molar-refractivity contribution < 1.29 is 18.4 Å². The van der Waals surface area contributed by atoms with Crippen molar-refractivity contribution in [2.45, 2.75) is 6.92 Å². The predicted molar refractivity (Wildman–Crippen MR) is 90.7 cm³/mol. The molecule has 1 fully saturated rings. The average molecular weight is 345 g/mol. The zero-order valence-electron chi connectivity index (χ0n) is 14.0. The molecule has 7 heteroatoms. The number of nitrogens with zero attached hydrogens (tertiary/aromatic N) is 2. The number of halogens is 1. The summed E-state index contributed by atoms with van der Waals surface area (Å²) in [4.78, 5) is 27.7. The van der Waals surface area contributed by atoms with Crippen LogP contribution in [0.1, 0.15) is 17.5 Å². The molecule has 1 aromatic carbocycles. The van der Waals surface area contributed by atoms with Crippen LogP contribution in [0.15, 0.2) is 40.8 Å². The maximum absolute atomic E-state index is 13.8. The van der Waals surface area contributed by atoms with Gasteiger partial charge < -0.3 is 19.5 Å². The number of nitrogens with one attached hydrogen (secondary N) is 1. The zero-order valence-corrected chi connectivity index (χ0v) is 14.0. The van der Waals surface area contributed by atoms with E-state index in [-0.39, 0.29) is 17.7 Å². The Balaban J connectivity index is 1.65. The smallest absolute Gasteiger partial charge is 0.317 e. The fourth-order valence-corrected chi connectivity index (χ4v) is 2.79. The van der Waals surface area contributed by atoms with Crippen LogP contribution in [0.5, 0.6) is 0 Å². The van der Waals surface area contributed by atoms with Crippen LogP contribution in [0, 0.1) is 5.82 Å². The van der Waals surface area contributed by atoms with Crippen molar-refractivity contribution in [3.8, 4) is 11.3 Å². The van der Waals surface area contributed by atoms with E-state index >= 15 is 0 Å². The number of carbonyl (C=O) groups excluding carboxylic acids is 2. The quantitative estimate of drug-likeness (QED) is 0.930. The minimum Gasteiger partial charge on any atom is -0.451 e. The summed E-state index contributed by atoms with van der Waals surface area (Å²) in [5, 5.41) is 2.75. The summed E-state index contributed by atoms with van der Waals surface area (Å²) in [6, 6.07) is 9.30. The van der Waals surface area contributed by atoms with Crippen molar-refractivity contribution in [2.24, 2.45) is 0 Å². The first-order chi connectivity index (χ1) is 12.1. The summed E-state index contributed by atoms with van der Waals surface area (Å²) in [6.45, 7) is 4.25. The molecule has 0 spiro atoms. The Hall–Kier alpha value is -2.83. The Morgan fingerprint density at radius 1 is 1.08 bits per heavy atom. The molecule has 132 valence electrons.